The molecule has 0 aromatic heterocycles. The van der Waals surface area contributed by atoms with E-state index in [0.29, 0.717) is 0 Å². The van der Waals surface area contributed by atoms with Crippen molar-refractivity contribution in [3.05, 3.63) is 25.3 Å². The summed E-state index contributed by atoms with van der Waals surface area (Å²) in [5.74, 6) is 0. The molecule has 0 saturated carbocycles. The maximum absolute atomic E-state index is 10.7. The minimum atomic E-state index is -4.19. The Balaban J connectivity index is 0. The zero-order chi connectivity index (χ0) is 8.78. The van der Waals surface area contributed by atoms with Crippen LogP contribution in [0.5, 0.6) is 0 Å². The van der Waals surface area contributed by atoms with Crippen molar-refractivity contribution in [3.8, 4) is 0 Å². The van der Waals surface area contributed by atoms with E-state index in [1.54, 1.807) is 0 Å². The molecule has 0 unspecified atom stereocenters. The summed E-state index contributed by atoms with van der Waals surface area (Å²) in [6.07, 6.45) is -6.09. The molecule has 0 aromatic carbocycles. The Labute approximate surface area is 54.7 Å². The van der Waals surface area contributed by atoms with Crippen LogP contribution in [-0.2, 0) is 0 Å². The highest BCUT2D eigenvalue weighted by Crippen LogP contribution is 2.13. The largest absolute Gasteiger partial charge is 0.409 e. The van der Waals surface area contributed by atoms with Crippen LogP contribution in [0.1, 0.15) is 0 Å². The van der Waals surface area contributed by atoms with Gasteiger partial charge in [0.1, 0.15) is 0 Å². The first-order chi connectivity index (χ1) is 4.29. The minimum absolute atomic E-state index is 0.0625. The molecular formula is C5H5F5. The van der Waals surface area contributed by atoms with Crippen molar-refractivity contribution >= 4 is 0 Å². The molecule has 0 aliphatic carbocycles. The highest BCUT2D eigenvalue weighted by Gasteiger charge is 2.19. The van der Waals surface area contributed by atoms with Crippen LogP contribution >= 0.6 is 0 Å². The second-order valence-corrected chi connectivity index (χ2v) is 1.08. The molecule has 0 spiro atoms. The minimum Gasteiger partial charge on any atom is -0.174 e. The second kappa shape index (κ2) is 4.96. The summed E-state index contributed by atoms with van der Waals surface area (Å²) >= 11 is 0. The van der Waals surface area contributed by atoms with E-state index < -0.39 is 12.3 Å². The Bertz CT molecular complexity index is 108. The molecule has 0 saturated heterocycles. The lowest BCUT2D eigenvalue weighted by atomic mass is 10.6. The fourth-order valence-corrected chi connectivity index (χ4v) is 0. The molecule has 0 aliphatic rings. The molecule has 0 heterocycles. The zero-order valence-corrected chi connectivity index (χ0v) is 4.88. The molecule has 0 aromatic rings. The Kier molecular flexibility index (Phi) is 5.89. The summed E-state index contributed by atoms with van der Waals surface area (Å²) < 4.78 is 52.3. The summed E-state index contributed by atoms with van der Waals surface area (Å²) in [7, 11) is 0. The highest BCUT2D eigenvalue weighted by molar-refractivity contribution is 4.75. The Morgan fingerprint density at radius 3 is 1.30 bits per heavy atom. The molecule has 10 heavy (non-hydrogen) atoms. The van der Waals surface area contributed by atoms with Crippen LogP contribution in [0.4, 0.5) is 22.0 Å². The third kappa shape index (κ3) is 59.1. The molecule has 0 amide bonds. The fourth-order valence-electron chi connectivity index (χ4n) is 0. The van der Waals surface area contributed by atoms with E-state index in [0.717, 1.165) is 0 Å². The van der Waals surface area contributed by atoms with Gasteiger partial charge >= 0.3 is 6.18 Å². The van der Waals surface area contributed by atoms with Gasteiger partial charge in [0.2, 0.25) is 0 Å². The summed E-state index contributed by atoms with van der Waals surface area (Å²) in [5, 5.41) is 0. The standard InChI is InChI=1S/C3H3F3.C2H2F2/c1-2-3(4,5)6;1-2(3)4/h2H,1H2;1H2. The van der Waals surface area contributed by atoms with E-state index in [2.05, 4.69) is 13.2 Å². The topological polar surface area (TPSA) is 0 Å². The maximum Gasteiger partial charge on any atom is 0.409 e. The second-order valence-electron chi connectivity index (χ2n) is 1.08. The van der Waals surface area contributed by atoms with Gasteiger partial charge in [-0.15, -0.1) is 0 Å². The van der Waals surface area contributed by atoms with Crippen LogP contribution in [0.3, 0.4) is 0 Å². The number of allylic oxidation sites excluding steroid dienone is 1. The highest BCUT2D eigenvalue weighted by atomic mass is 19.4. The molecule has 0 N–H and O–H groups in total. The maximum atomic E-state index is 10.7. The van der Waals surface area contributed by atoms with Crippen molar-refractivity contribution in [2.24, 2.45) is 0 Å². The third-order valence-corrected chi connectivity index (χ3v) is 0.231. The van der Waals surface area contributed by atoms with Gasteiger partial charge < -0.3 is 0 Å². The Morgan fingerprint density at radius 2 is 1.30 bits per heavy atom. The van der Waals surface area contributed by atoms with Crippen molar-refractivity contribution in [2.45, 2.75) is 6.18 Å². The van der Waals surface area contributed by atoms with Crippen molar-refractivity contribution in [3.63, 3.8) is 0 Å². The number of alkyl halides is 3. The third-order valence-electron chi connectivity index (χ3n) is 0.231. The molecular weight excluding hydrogens is 155 g/mol. The number of hydrogen-bond acceptors (Lipinski definition) is 0. The van der Waals surface area contributed by atoms with Gasteiger partial charge in [-0.3, -0.25) is 0 Å². The van der Waals surface area contributed by atoms with Crippen LogP contribution in [0, 0.1) is 0 Å². The molecule has 0 radical (unpaired) electrons. The quantitative estimate of drug-likeness (QED) is 0.377. The first-order valence-corrected chi connectivity index (χ1v) is 2.00. The first-order valence-electron chi connectivity index (χ1n) is 2.00. The first kappa shape index (κ1) is 11.9. The van der Waals surface area contributed by atoms with Crippen LogP contribution in [0.15, 0.2) is 25.3 Å². The van der Waals surface area contributed by atoms with E-state index in [1.807, 2.05) is 0 Å². The van der Waals surface area contributed by atoms with Crippen LogP contribution < -0.4 is 0 Å². The molecule has 5 heteroatoms. The van der Waals surface area contributed by atoms with Gasteiger partial charge in [-0.25, -0.2) is 0 Å². The van der Waals surface area contributed by atoms with Gasteiger partial charge in [-0.2, -0.15) is 22.0 Å². The van der Waals surface area contributed by atoms with E-state index in [9.17, 15) is 22.0 Å². The average molecular weight is 160 g/mol. The molecule has 60 valence electrons. The fraction of sp³-hybridized carbons (Fsp3) is 0.200. The molecule has 0 nitrogen and oxygen atoms in total. The van der Waals surface area contributed by atoms with Crippen LogP contribution in [0.2, 0.25) is 0 Å². The van der Waals surface area contributed by atoms with Crippen molar-refractivity contribution in [1.29, 1.82) is 0 Å². The van der Waals surface area contributed by atoms with E-state index >= 15 is 0 Å². The summed E-state index contributed by atoms with van der Waals surface area (Å²) in [5.41, 5.74) is 0. The Morgan fingerprint density at radius 1 is 1.20 bits per heavy atom. The van der Waals surface area contributed by atoms with Crippen LogP contribution in [0.25, 0.3) is 0 Å². The molecule has 0 rings (SSSR count). The van der Waals surface area contributed by atoms with E-state index in [4.69, 9.17) is 0 Å². The van der Waals surface area contributed by atoms with Crippen molar-refractivity contribution in [2.75, 3.05) is 0 Å². The molecule has 0 aliphatic heterocycles. The molecule has 0 atom stereocenters. The van der Waals surface area contributed by atoms with Gasteiger partial charge in [0, 0.05) is 6.08 Å². The van der Waals surface area contributed by atoms with E-state index in [1.165, 1.54) is 0 Å². The smallest absolute Gasteiger partial charge is 0.174 e. The predicted octanol–water partition coefficient (Wildman–Crippen LogP) is 3.13. The average Bonchev–Trinajstić information content (AvgIpc) is 1.63. The number of rotatable bonds is 0. The summed E-state index contributed by atoms with van der Waals surface area (Å²) in [6, 6.07) is 0. The number of hydrogen-bond donors (Lipinski definition) is 0. The van der Waals surface area contributed by atoms with E-state index in [-0.39, 0.29) is 6.08 Å². The van der Waals surface area contributed by atoms with Gasteiger partial charge in [0.05, 0.1) is 0 Å². The normalized spacial score (nSPS) is 9.30. The van der Waals surface area contributed by atoms with Gasteiger partial charge in [0.25, 0.3) is 6.08 Å². The van der Waals surface area contributed by atoms with Crippen molar-refractivity contribution in [1.82, 2.24) is 0 Å². The Hall–Kier alpha value is -0.870. The van der Waals surface area contributed by atoms with Crippen LogP contribution in [-0.4, -0.2) is 6.18 Å². The summed E-state index contributed by atoms with van der Waals surface area (Å²) in [6.45, 7) is 4.73. The van der Waals surface area contributed by atoms with Gasteiger partial charge in [-0.1, -0.05) is 6.58 Å². The van der Waals surface area contributed by atoms with Gasteiger partial charge in [0.15, 0.2) is 0 Å². The van der Waals surface area contributed by atoms with Crippen molar-refractivity contribution < 1.29 is 22.0 Å². The molecule has 0 fully saturated rings. The lowest BCUT2D eigenvalue weighted by Gasteiger charge is -1.91. The summed E-state index contributed by atoms with van der Waals surface area (Å²) in [4.78, 5) is 0. The molecule has 0 bridgehead atoms. The predicted molar refractivity (Wildman–Crippen MR) is 27.6 cm³/mol. The zero-order valence-electron chi connectivity index (χ0n) is 4.88. The number of halogens is 5. The lowest BCUT2D eigenvalue weighted by Crippen LogP contribution is -1.98. The van der Waals surface area contributed by atoms with Gasteiger partial charge in [-0.05, 0) is 6.58 Å². The SMILES string of the molecule is C=C(F)F.C=CC(F)(F)F. The lowest BCUT2D eigenvalue weighted by molar-refractivity contribution is -0.0795. The monoisotopic (exact) mass is 160 g/mol.